The molecule has 0 heterocycles. The fourth-order valence-electron chi connectivity index (χ4n) is 2.31. The van der Waals surface area contributed by atoms with Gasteiger partial charge in [0, 0.05) is 11.4 Å². The molecule has 1 aromatic carbocycles. The van der Waals surface area contributed by atoms with Crippen molar-refractivity contribution in [1.82, 2.24) is 5.32 Å². The van der Waals surface area contributed by atoms with E-state index in [1.165, 1.54) is 17.7 Å². The zero-order valence-electron chi connectivity index (χ0n) is 12.4. The molecule has 0 unspecified atom stereocenters. The molecule has 0 aliphatic heterocycles. The van der Waals surface area contributed by atoms with E-state index >= 15 is 0 Å². The largest absolute Gasteiger partial charge is 0.374 e. The maximum absolute atomic E-state index is 5.53. The zero-order chi connectivity index (χ0) is 15.1. The molecule has 1 aromatic rings. The Morgan fingerprint density at radius 2 is 2.05 bits per heavy atom. The summed E-state index contributed by atoms with van der Waals surface area (Å²) in [6.07, 6.45) is 7.74. The summed E-state index contributed by atoms with van der Waals surface area (Å²) in [6.45, 7) is 2.18. The van der Waals surface area contributed by atoms with Crippen molar-refractivity contribution < 1.29 is 0 Å². The van der Waals surface area contributed by atoms with Crippen LogP contribution in [0, 0.1) is 0 Å². The van der Waals surface area contributed by atoms with Crippen molar-refractivity contribution in [2.75, 3.05) is 5.32 Å². The number of benzene rings is 1. The lowest BCUT2D eigenvalue weighted by Crippen LogP contribution is -2.31. The van der Waals surface area contributed by atoms with E-state index in [2.05, 4.69) is 40.8 Å². The van der Waals surface area contributed by atoms with Crippen molar-refractivity contribution in [2.24, 2.45) is 10.7 Å². The maximum atomic E-state index is 5.53. The van der Waals surface area contributed by atoms with Gasteiger partial charge in [0.05, 0.1) is 0 Å². The normalized spacial score (nSPS) is 14.7. The predicted octanol–water partition coefficient (Wildman–Crippen LogP) is 3.31. The van der Waals surface area contributed by atoms with E-state index in [-0.39, 0.29) is 5.11 Å². The Labute approximate surface area is 131 Å². The Hall–Kier alpha value is -1.88. The van der Waals surface area contributed by atoms with E-state index in [9.17, 15) is 0 Å². The Balaban J connectivity index is 2.05. The van der Waals surface area contributed by atoms with Crippen molar-refractivity contribution in [1.29, 1.82) is 0 Å². The molecule has 0 saturated carbocycles. The third-order valence-electron chi connectivity index (χ3n) is 3.30. The Bertz CT molecular complexity index is 546. The topological polar surface area (TPSA) is 62.4 Å². The lowest BCUT2D eigenvalue weighted by Gasteiger charge is -2.13. The molecule has 5 heteroatoms. The van der Waals surface area contributed by atoms with Crippen LogP contribution < -0.4 is 16.4 Å². The number of rotatable bonds is 4. The number of nitrogens with zero attached hydrogens (tertiary/aromatic N) is 1. The van der Waals surface area contributed by atoms with Crippen LogP contribution in [0.25, 0.3) is 0 Å². The summed E-state index contributed by atoms with van der Waals surface area (Å²) in [5.41, 5.74) is 9.00. The second-order valence-corrected chi connectivity index (χ2v) is 5.54. The van der Waals surface area contributed by atoms with Crippen molar-refractivity contribution in [3.8, 4) is 0 Å². The lowest BCUT2D eigenvalue weighted by molar-refractivity contribution is 0.877. The molecule has 0 amide bonds. The molecule has 0 atom stereocenters. The predicted molar refractivity (Wildman–Crippen MR) is 93.3 cm³/mol. The third kappa shape index (κ3) is 5.19. The van der Waals surface area contributed by atoms with E-state index in [0.29, 0.717) is 5.96 Å². The number of hydrogen-bond donors (Lipinski definition) is 3. The van der Waals surface area contributed by atoms with Crippen molar-refractivity contribution in [3.05, 3.63) is 41.6 Å². The Kier molecular flexibility index (Phi) is 5.75. The molecule has 112 valence electrons. The molecule has 4 N–H and O–H groups in total. The van der Waals surface area contributed by atoms with Crippen LogP contribution >= 0.6 is 12.2 Å². The van der Waals surface area contributed by atoms with Crippen LogP contribution in [-0.4, -0.2) is 11.1 Å². The molecule has 0 saturated heterocycles. The van der Waals surface area contributed by atoms with Gasteiger partial charge in [0.15, 0.2) is 5.11 Å². The van der Waals surface area contributed by atoms with Gasteiger partial charge in [0.2, 0.25) is 5.96 Å². The average Bonchev–Trinajstić information content (AvgIpc) is 2.93. The van der Waals surface area contributed by atoms with Gasteiger partial charge < -0.3 is 16.4 Å². The first-order chi connectivity index (χ1) is 10.2. The summed E-state index contributed by atoms with van der Waals surface area (Å²) in [5, 5.41) is 6.62. The molecule has 0 fully saturated rings. The minimum Gasteiger partial charge on any atom is -0.374 e. The number of allylic oxidation sites excluding steroid dienone is 2. The van der Waals surface area contributed by atoms with Gasteiger partial charge in [-0.3, -0.25) is 0 Å². The van der Waals surface area contributed by atoms with Gasteiger partial charge in [-0.2, -0.15) is 4.99 Å². The maximum Gasteiger partial charge on any atom is 0.207 e. The molecule has 0 bridgehead atoms. The van der Waals surface area contributed by atoms with Gasteiger partial charge >= 0.3 is 0 Å². The van der Waals surface area contributed by atoms with Gasteiger partial charge in [-0.1, -0.05) is 31.6 Å². The van der Waals surface area contributed by atoms with Crippen LogP contribution in [0.4, 0.5) is 5.69 Å². The highest BCUT2D eigenvalue weighted by Gasteiger charge is 2.08. The minimum atomic E-state index is 0.117. The van der Waals surface area contributed by atoms with Crippen LogP contribution in [-0.2, 0) is 6.42 Å². The second-order valence-electron chi connectivity index (χ2n) is 5.12. The van der Waals surface area contributed by atoms with Crippen LogP contribution in [0.3, 0.4) is 0 Å². The van der Waals surface area contributed by atoms with Gasteiger partial charge in [-0.15, -0.1) is 0 Å². The van der Waals surface area contributed by atoms with E-state index in [0.717, 1.165) is 31.4 Å². The van der Waals surface area contributed by atoms with Crippen molar-refractivity contribution in [3.63, 3.8) is 0 Å². The van der Waals surface area contributed by atoms with Crippen molar-refractivity contribution in [2.45, 2.75) is 39.0 Å². The summed E-state index contributed by atoms with van der Waals surface area (Å²) >= 11 is 4.88. The number of hydrogen-bond acceptors (Lipinski definition) is 1. The van der Waals surface area contributed by atoms with Crippen molar-refractivity contribution >= 4 is 29.0 Å². The quantitative estimate of drug-likeness (QED) is 0.454. The van der Waals surface area contributed by atoms with Gasteiger partial charge in [0.1, 0.15) is 0 Å². The number of guanidine groups is 1. The Morgan fingerprint density at radius 3 is 2.62 bits per heavy atom. The zero-order valence-corrected chi connectivity index (χ0v) is 13.2. The first-order valence-corrected chi connectivity index (χ1v) is 7.78. The molecule has 2 rings (SSSR count). The molecule has 21 heavy (non-hydrogen) atoms. The first-order valence-electron chi connectivity index (χ1n) is 7.37. The summed E-state index contributed by atoms with van der Waals surface area (Å²) < 4.78 is 0. The molecule has 4 nitrogen and oxygen atoms in total. The van der Waals surface area contributed by atoms with Crippen LogP contribution in [0.15, 0.2) is 41.0 Å². The van der Waals surface area contributed by atoms with Gasteiger partial charge in [-0.25, -0.2) is 0 Å². The molecule has 0 radical (unpaired) electrons. The molecule has 0 spiro atoms. The van der Waals surface area contributed by atoms with Crippen LogP contribution in [0.1, 0.15) is 38.2 Å². The fourth-order valence-corrected chi connectivity index (χ4v) is 2.41. The smallest absolute Gasteiger partial charge is 0.207 e. The van der Waals surface area contributed by atoms with E-state index in [1.54, 1.807) is 0 Å². The van der Waals surface area contributed by atoms with Crippen LogP contribution in [0.2, 0.25) is 0 Å². The monoisotopic (exact) mass is 302 g/mol. The molecule has 1 aliphatic rings. The third-order valence-corrected chi connectivity index (χ3v) is 3.39. The van der Waals surface area contributed by atoms with Gasteiger partial charge in [-0.05, 0) is 55.6 Å². The molecular weight excluding hydrogens is 280 g/mol. The van der Waals surface area contributed by atoms with E-state index in [4.69, 9.17) is 18.0 Å². The number of anilines is 1. The highest BCUT2D eigenvalue weighted by atomic mass is 32.1. The van der Waals surface area contributed by atoms with Crippen LogP contribution in [0.5, 0.6) is 0 Å². The average molecular weight is 302 g/mol. The number of nitrogens with two attached hydrogens (primary N) is 1. The first kappa shape index (κ1) is 15.5. The summed E-state index contributed by atoms with van der Waals surface area (Å²) in [6, 6.07) is 8.34. The molecule has 1 aliphatic carbocycles. The number of thiocarbonyl (C=S) groups is 1. The standard InChI is InChI=1S/C16H22N4S/c1-2-5-12-8-10-14(11-9-12)19-16(20-15(17)21)18-13-6-3-4-7-13/h6,8-11H,2-5,7H2,1H3,(H4,17,18,19,20,21). The summed E-state index contributed by atoms with van der Waals surface area (Å²) in [4.78, 5) is 4.16. The molecular formula is C16H22N4S. The minimum absolute atomic E-state index is 0.117. The highest BCUT2D eigenvalue weighted by molar-refractivity contribution is 7.80. The highest BCUT2D eigenvalue weighted by Crippen LogP contribution is 2.15. The number of nitrogens with one attached hydrogen (secondary N) is 2. The second kappa shape index (κ2) is 7.78. The molecule has 0 aromatic heterocycles. The number of aliphatic imine (C=N–C) groups is 1. The summed E-state index contributed by atoms with van der Waals surface area (Å²) in [5.74, 6) is 0.582. The fraction of sp³-hybridized carbons (Fsp3) is 0.375. The SMILES string of the molecule is CCCc1ccc(N/C(=N\C(N)=S)NC2=CCCC2)cc1. The summed E-state index contributed by atoms with van der Waals surface area (Å²) in [7, 11) is 0. The van der Waals surface area contributed by atoms with E-state index < -0.39 is 0 Å². The Morgan fingerprint density at radius 1 is 1.29 bits per heavy atom. The van der Waals surface area contributed by atoms with E-state index in [1.807, 2.05) is 12.1 Å². The lowest BCUT2D eigenvalue weighted by atomic mass is 10.1. The number of aryl methyl sites for hydroxylation is 1. The van der Waals surface area contributed by atoms with Gasteiger partial charge in [0.25, 0.3) is 0 Å².